The molecule has 1 heterocycles. The standard InChI is InChI=1S/C20H15ClO5/c1-12(22)25-18-8-5-16(21)10-14(18)9-15-11-19(26-20(15)23)13-3-6-17(24-2)7-4-13/h3-11H,1-2H3/b15-9+. The zero-order valence-corrected chi connectivity index (χ0v) is 14.9. The third-order valence-electron chi connectivity index (χ3n) is 3.64. The smallest absolute Gasteiger partial charge is 0.343 e. The van der Waals surface area contributed by atoms with Crippen LogP contribution < -0.4 is 9.47 Å². The summed E-state index contributed by atoms with van der Waals surface area (Å²) in [5.74, 6) is 0.493. The Morgan fingerprint density at radius 3 is 2.54 bits per heavy atom. The molecule has 1 aliphatic rings. The van der Waals surface area contributed by atoms with Gasteiger partial charge >= 0.3 is 11.9 Å². The van der Waals surface area contributed by atoms with Crippen LogP contribution in [0, 0.1) is 0 Å². The fraction of sp³-hybridized carbons (Fsp3) is 0.100. The number of esters is 2. The molecule has 0 radical (unpaired) electrons. The quantitative estimate of drug-likeness (QED) is 0.457. The van der Waals surface area contributed by atoms with Crippen molar-refractivity contribution >= 4 is 35.4 Å². The molecular formula is C20H15ClO5. The fourth-order valence-electron chi connectivity index (χ4n) is 2.43. The summed E-state index contributed by atoms with van der Waals surface area (Å²) in [6.45, 7) is 1.30. The number of rotatable bonds is 4. The Kier molecular flexibility index (Phi) is 5.09. The van der Waals surface area contributed by atoms with Crippen LogP contribution in [0.15, 0.2) is 54.1 Å². The second-order valence-electron chi connectivity index (χ2n) is 5.50. The molecule has 2 aromatic carbocycles. The summed E-state index contributed by atoms with van der Waals surface area (Å²) in [6.07, 6.45) is 3.20. The van der Waals surface area contributed by atoms with Gasteiger partial charge in [-0.15, -0.1) is 0 Å². The van der Waals surface area contributed by atoms with E-state index in [1.54, 1.807) is 61.7 Å². The lowest BCUT2D eigenvalue weighted by atomic mass is 10.1. The monoisotopic (exact) mass is 370 g/mol. The molecule has 6 heteroatoms. The summed E-state index contributed by atoms with van der Waals surface area (Å²) in [5.41, 5.74) is 1.58. The second kappa shape index (κ2) is 7.45. The van der Waals surface area contributed by atoms with Crippen molar-refractivity contribution in [2.45, 2.75) is 6.92 Å². The number of methoxy groups -OCH3 is 1. The van der Waals surface area contributed by atoms with E-state index in [0.717, 1.165) is 5.56 Å². The van der Waals surface area contributed by atoms with Gasteiger partial charge in [-0.3, -0.25) is 4.79 Å². The Bertz CT molecular complexity index is 926. The van der Waals surface area contributed by atoms with Gasteiger partial charge in [0.15, 0.2) is 0 Å². The first-order valence-corrected chi connectivity index (χ1v) is 8.12. The molecule has 0 bridgehead atoms. The largest absolute Gasteiger partial charge is 0.497 e. The lowest BCUT2D eigenvalue weighted by Crippen LogP contribution is -2.03. The van der Waals surface area contributed by atoms with Gasteiger partial charge in [-0.1, -0.05) is 11.6 Å². The van der Waals surface area contributed by atoms with Crippen molar-refractivity contribution in [3.05, 3.63) is 70.3 Å². The molecule has 0 spiro atoms. The minimum absolute atomic E-state index is 0.313. The Balaban J connectivity index is 1.95. The molecule has 132 valence electrons. The summed E-state index contributed by atoms with van der Waals surface area (Å²) >= 11 is 6.02. The SMILES string of the molecule is COc1ccc(C2=C/C(=C\c3cc(Cl)ccc3OC(C)=O)C(=O)O2)cc1. The van der Waals surface area contributed by atoms with E-state index in [2.05, 4.69) is 0 Å². The van der Waals surface area contributed by atoms with E-state index in [9.17, 15) is 9.59 Å². The van der Waals surface area contributed by atoms with Gasteiger partial charge in [0.05, 0.1) is 12.7 Å². The molecule has 26 heavy (non-hydrogen) atoms. The molecule has 1 aliphatic heterocycles. The van der Waals surface area contributed by atoms with Crippen LogP contribution in [-0.2, 0) is 14.3 Å². The average Bonchev–Trinajstić information content (AvgIpc) is 2.98. The topological polar surface area (TPSA) is 61.8 Å². The van der Waals surface area contributed by atoms with Crippen LogP contribution in [0.5, 0.6) is 11.5 Å². The minimum Gasteiger partial charge on any atom is -0.497 e. The van der Waals surface area contributed by atoms with E-state index < -0.39 is 11.9 Å². The maximum absolute atomic E-state index is 12.2. The maximum Gasteiger partial charge on any atom is 0.343 e. The second-order valence-corrected chi connectivity index (χ2v) is 5.94. The number of carbonyl (C=O) groups is 2. The first kappa shape index (κ1) is 17.8. The van der Waals surface area contributed by atoms with Crippen LogP contribution in [0.4, 0.5) is 0 Å². The zero-order chi connectivity index (χ0) is 18.7. The van der Waals surface area contributed by atoms with Gasteiger partial charge < -0.3 is 14.2 Å². The van der Waals surface area contributed by atoms with Crippen LogP contribution in [0.1, 0.15) is 18.1 Å². The molecule has 0 aliphatic carbocycles. The minimum atomic E-state index is -0.496. The van der Waals surface area contributed by atoms with Gasteiger partial charge in [0.25, 0.3) is 0 Å². The van der Waals surface area contributed by atoms with E-state index in [1.165, 1.54) is 6.92 Å². The van der Waals surface area contributed by atoms with E-state index >= 15 is 0 Å². The average molecular weight is 371 g/mol. The number of ether oxygens (including phenoxy) is 3. The van der Waals surface area contributed by atoms with Crippen LogP contribution in [-0.4, -0.2) is 19.0 Å². The highest BCUT2D eigenvalue weighted by Gasteiger charge is 2.22. The van der Waals surface area contributed by atoms with Crippen LogP contribution >= 0.6 is 11.6 Å². The van der Waals surface area contributed by atoms with E-state index in [-0.39, 0.29) is 0 Å². The maximum atomic E-state index is 12.2. The summed E-state index contributed by atoms with van der Waals surface area (Å²) in [5, 5.41) is 0.457. The van der Waals surface area contributed by atoms with Crippen LogP contribution in [0.25, 0.3) is 11.8 Å². The number of halogens is 1. The lowest BCUT2D eigenvalue weighted by molar-refractivity contribution is -0.132. The summed E-state index contributed by atoms with van der Waals surface area (Å²) in [4.78, 5) is 23.4. The molecule has 2 aromatic rings. The van der Waals surface area contributed by atoms with Crippen LogP contribution in [0.2, 0.25) is 5.02 Å². The van der Waals surface area contributed by atoms with Gasteiger partial charge in [0, 0.05) is 23.1 Å². The molecule has 0 amide bonds. The molecule has 3 rings (SSSR count). The third-order valence-corrected chi connectivity index (χ3v) is 3.87. The van der Waals surface area contributed by atoms with Gasteiger partial charge in [0.1, 0.15) is 17.3 Å². The molecule has 0 atom stereocenters. The Morgan fingerprint density at radius 2 is 1.88 bits per heavy atom. The highest BCUT2D eigenvalue weighted by atomic mass is 35.5. The first-order chi connectivity index (χ1) is 12.5. The number of benzene rings is 2. The fourth-order valence-corrected chi connectivity index (χ4v) is 2.61. The van der Waals surface area contributed by atoms with E-state index in [4.69, 9.17) is 25.8 Å². The summed E-state index contributed by atoms with van der Waals surface area (Å²) in [6, 6.07) is 11.9. The lowest BCUT2D eigenvalue weighted by Gasteiger charge is -2.06. The van der Waals surface area contributed by atoms with Gasteiger partial charge in [-0.2, -0.15) is 0 Å². The van der Waals surface area contributed by atoms with Crippen molar-refractivity contribution < 1.29 is 23.8 Å². The number of cyclic esters (lactones) is 1. The van der Waals surface area contributed by atoms with Gasteiger partial charge in [-0.05, 0) is 54.6 Å². The Labute approximate surface area is 155 Å². The summed E-state index contributed by atoms with van der Waals surface area (Å²) in [7, 11) is 1.58. The van der Waals surface area contributed by atoms with Crippen molar-refractivity contribution in [2.24, 2.45) is 0 Å². The zero-order valence-electron chi connectivity index (χ0n) is 14.1. The van der Waals surface area contributed by atoms with Crippen molar-refractivity contribution in [1.29, 1.82) is 0 Å². The molecule has 0 unspecified atom stereocenters. The van der Waals surface area contributed by atoms with Crippen molar-refractivity contribution in [3.63, 3.8) is 0 Å². The molecular weight excluding hydrogens is 356 g/mol. The molecule has 0 fully saturated rings. The third kappa shape index (κ3) is 3.95. The highest BCUT2D eigenvalue weighted by molar-refractivity contribution is 6.30. The summed E-state index contributed by atoms with van der Waals surface area (Å²) < 4.78 is 15.6. The number of hydrogen-bond acceptors (Lipinski definition) is 5. The highest BCUT2D eigenvalue weighted by Crippen LogP contribution is 2.31. The van der Waals surface area contributed by atoms with Gasteiger partial charge in [-0.25, -0.2) is 4.79 Å². The van der Waals surface area contributed by atoms with E-state index in [1.807, 2.05) is 0 Å². The molecule has 5 nitrogen and oxygen atoms in total. The van der Waals surface area contributed by atoms with Crippen LogP contribution in [0.3, 0.4) is 0 Å². The predicted octanol–water partition coefficient (Wildman–Crippen LogP) is 4.26. The predicted molar refractivity (Wildman–Crippen MR) is 97.8 cm³/mol. The van der Waals surface area contributed by atoms with E-state index in [0.29, 0.717) is 33.4 Å². The Morgan fingerprint density at radius 1 is 1.15 bits per heavy atom. The Hall–Kier alpha value is -3.05. The normalized spacial score (nSPS) is 14.8. The van der Waals surface area contributed by atoms with Crippen molar-refractivity contribution in [2.75, 3.05) is 7.11 Å². The number of hydrogen-bond donors (Lipinski definition) is 0. The molecule has 0 saturated carbocycles. The first-order valence-electron chi connectivity index (χ1n) is 7.74. The molecule has 0 saturated heterocycles. The number of carbonyl (C=O) groups excluding carboxylic acids is 2. The van der Waals surface area contributed by atoms with Gasteiger partial charge in [0.2, 0.25) is 0 Å². The molecule has 0 N–H and O–H groups in total. The van der Waals surface area contributed by atoms with Crippen molar-refractivity contribution in [3.8, 4) is 11.5 Å². The van der Waals surface area contributed by atoms with Crippen molar-refractivity contribution in [1.82, 2.24) is 0 Å². The molecule has 0 aromatic heterocycles.